The lowest BCUT2D eigenvalue weighted by atomic mass is 10.1. The predicted molar refractivity (Wildman–Crippen MR) is 84.1 cm³/mol. The Morgan fingerprint density at radius 1 is 1.05 bits per heavy atom. The third-order valence-corrected chi connectivity index (χ3v) is 3.93. The zero-order chi connectivity index (χ0) is 15.7. The van der Waals surface area contributed by atoms with Crippen LogP contribution in [0, 0.1) is 6.92 Å². The van der Waals surface area contributed by atoms with Crippen molar-refractivity contribution in [1.29, 1.82) is 0 Å². The number of amides is 2. The van der Waals surface area contributed by atoms with Gasteiger partial charge >= 0.3 is 0 Å². The SMILES string of the molecule is Cc1ncccc1N(C)CCN1C(=O)c2ccccc2C1=O. The number of imide groups is 1. The Morgan fingerprint density at radius 3 is 2.27 bits per heavy atom. The molecule has 2 aromatic rings. The van der Waals surface area contributed by atoms with Crippen LogP contribution in [0.25, 0.3) is 0 Å². The topological polar surface area (TPSA) is 53.5 Å². The van der Waals surface area contributed by atoms with E-state index in [4.69, 9.17) is 0 Å². The molecule has 0 atom stereocenters. The highest BCUT2D eigenvalue weighted by Gasteiger charge is 2.34. The average molecular weight is 295 g/mol. The maximum atomic E-state index is 12.3. The average Bonchev–Trinajstić information content (AvgIpc) is 2.77. The molecule has 0 N–H and O–H groups in total. The molecule has 112 valence electrons. The standard InChI is InChI=1S/C17H17N3O2/c1-12-15(8-5-9-18-12)19(2)10-11-20-16(21)13-6-3-4-7-14(13)17(20)22/h3-9H,10-11H2,1-2H3. The first-order valence-corrected chi connectivity index (χ1v) is 7.17. The van der Waals surface area contributed by atoms with Crippen molar-refractivity contribution in [2.45, 2.75) is 6.92 Å². The minimum Gasteiger partial charge on any atom is -0.371 e. The molecule has 1 aliphatic rings. The van der Waals surface area contributed by atoms with Gasteiger partial charge in [0.25, 0.3) is 11.8 Å². The van der Waals surface area contributed by atoms with E-state index < -0.39 is 0 Å². The molecule has 0 aliphatic carbocycles. The van der Waals surface area contributed by atoms with Crippen LogP contribution in [0.1, 0.15) is 26.4 Å². The Bertz CT molecular complexity index is 707. The first-order chi connectivity index (χ1) is 10.6. The highest BCUT2D eigenvalue weighted by Crippen LogP contribution is 2.22. The quantitative estimate of drug-likeness (QED) is 0.811. The van der Waals surface area contributed by atoms with Crippen molar-refractivity contribution in [3.8, 4) is 0 Å². The van der Waals surface area contributed by atoms with E-state index in [-0.39, 0.29) is 11.8 Å². The van der Waals surface area contributed by atoms with Crippen LogP contribution in [0.2, 0.25) is 0 Å². The number of nitrogens with zero attached hydrogens (tertiary/aromatic N) is 3. The Kier molecular flexibility index (Phi) is 3.63. The van der Waals surface area contributed by atoms with Crippen molar-refractivity contribution in [2.24, 2.45) is 0 Å². The fourth-order valence-corrected chi connectivity index (χ4v) is 2.69. The largest absolute Gasteiger partial charge is 0.371 e. The van der Waals surface area contributed by atoms with E-state index in [2.05, 4.69) is 4.98 Å². The molecule has 0 fully saturated rings. The Labute approximate surface area is 129 Å². The number of aryl methyl sites for hydroxylation is 1. The molecule has 22 heavy (non-hydrogen) atoms. The summed E-state index contributed by atoms with van der Waals surface area (Å²) in [5, 5.41) is 0. The first kappa shape index (κ1) is 14.3. The second-order valence-corrected chi connectivity index (χ2v) is 5.34. The van der Waals surface area contributed by atoms with Crippen molar-refractivity contribution in [3.63, 3.8) is 0 Å². The second-order valence-electron chi connectivity index (χ2n) is 5.34. The Balaban J connectivity index is 1.72. The molecule has 1 aromatic carbocycles. The highest BCUT2D eigenvalue weighted by molar-refractivity contribution is 6.21. The number of pyridine rings is 1. The number of aromatic nitrogens is 1. The second kappa shape index (κ2) is 5.60. The minimum absolute atomic E-state index is 0.211. The number of hydrogen-bond acceptors (Lipinski definition) is 4. The monoisotopic (exact) mass is 295 g/mol. The van der Waals surface area contributed by atoms with Crippen LogP contribution in [-0.2, 0) is 0 Å². The van der Waals surface area contributed by atoms with E-state index in [1.807, 2.05) is 31.0 Å². The lowest BCUT2D eigenvalue weighted by Gasteiger charge is -2.23. The zero-order valence-corrected chi connectivity index (χ0v) is 12.6. The molecule has 2 amide bonds. The van der Waals surface area contributed by atoms with Gasteiger partial charge in [-0.25, -0.2) is 0 Å². The Morgan fingerprint density at radius 2 is 1.68 bits per heavy atom. The number of fused-ring (bicyclic) bond motifs is 1. The van der Waals surface area contributed by atoms with Gasteiger partial charge in [-0.05, 0) is 31.2 Å². The van der Waals surface area contributed by atoms with Crippen molar-refractivity contribution < 1.29 is 9.59 Å². The normalized spacial score (nSPS) is 13.5. The molecule has 0 saturated carbocycles. The number of hydrogen-bond donors (Lipinski definition) is 0. The predicted octanol–water partition coefficient (Wildman–Crippen LogP) is 2.12. The summed E-state index contributed by atoms with van der Waals surface area (Å²) in [6.07, 6.45) is 1.75. The fraction of sp³-hybridized carbons (Fsp3) is 0.235. The van der Waals surface area contributed by atoms with E-state index in [1.54, 1.807) is 30.5 Å². The first-order valence-electron chi connectivity index (χ1n) is 7.17. The molecule has 0 saturated heterocycles. The van der Waals surface area contributed by atoms with Gasteiger partial charge in [0.05, 0.1) is 22.5 Å². The van der Waals surface area contributed by atoms with Crippen molar-refractivity contribution in [3.05, 3.63) is 59.4 Å². The Hall–Kier alpha value is -2.69. The van der Waals surface area contributed by atoms with Gasteiger partial charge in [-0.2, -0.15) is 0 Å². The third kappa shape index (κ3) is 2.35. The van der Waals surface area contributed by atoms with Crippen LogP contribution in [0.5, 0.6) is 0 Å². The van der Waals surface area contributed by atoms with Gasteiger partial charge in [0.15, 0.2) is 0 Å². The number of carbonyl (C=O) groups is 2. The van der Waals surface area contributed by atoms with Gasteiger partial charge < -0.3 is 4.90 Å². The number of carbonyl (C=O) groups excluding carboxylic acids is 2. The minimum atomic E-state index is -0.211. The molecule has 5 heteroatoms. The summed E-state index contributed by atoms with van der Waals surface area (Å²) in [4.78, 5) is 32.2. The molecule has 2 heterocycles. The molecule has 3 rings (SSSR count). The summed E-state index contributed by atoms with van der Waals surface area (Å²) in [6.45, 7) is 2.86. The molecule has 0 bridgehead atoms. The van der Waals surface area contributed by atoms with E-state index in [0.29, 0.717) is 24.2 Å². The number of likely N-dealkylation sites (N-methyl/N-ethyl adjacent to an activating group) is 1. The van der Waals surface area contributed by atoms with E-state index in [0.717, 1.165) is 11.4 Å². The van der Waals surface area contributed by atoms with Gasteiger partial charge in [0.2, 0.25) is 0 Å². The van der Waals surface area contributed by atoms with E-state index >= 15 is 0 Å². The van der Waals surface area contributed by atoms with E-state index in [9.17, 15) is 9.59 Å². The molecule has 0 unspecified atom stereocenters. The summed E-state index contributed by atoms with van der Waals surface area (Å²) in [7, 11) is 1.93. The van der Waals surface area contributed by atoms with Crippen molar-refractivity contribution in [1.82, 2.24) is 9.88 Å². The van der Waals surface area contributed by atoms with Gasteiger partial charge in [-0.1, -0.05) is 12.1 Å². The van der Waals surface area contributed by atoms with Gasteiger partial charge in [-0.15, -0.1) is 0 Å². The molecular weight excluding hydrogens is 278 g/mol. The van der Waals surface area contributed by atoms with Crippen LogP contribution in [0.3, 0.4) is 0 Å². The van der Waals surface area contributed by atoms with Gasteiger partial charge in [0.1, 0.15) is 0 Å². The van der Waals surface area contributed by atoms with E-state index in [1.165, 1.54) is 4.90 Å². The number of rotatable bonds is 4. The lowest BCUT2D eigenvalue weighted by Crippen LogP contribution is -2.37. The smallest absolute Gasteiger partial charge is 0.261 e. The van der Waals surface area contributed by atoms with Crippen molar-refractivity contribution in [2.75, 3.05) is 25.0 Å². The molecule has 0 spiro atoms. The molecule has 5 nitrogen and oxygen atoms in total. The molecular formula is C17H17N3O2. The summed E-state index contributed by atoms with van der Waals surface area (Å²) in [6, 6.07) is 10.8. The van der Waals surface area contributed by atoms with Gasteiger partial charge in [-0.3, -0.25) is 19.5 Å². The van der Waals surface area contributed by atoms with Crippen LogP contribution in [0.4, 0.5) is 5.69 Å². The lowest BCUT2D eigenvalue weighted by molar-refractivity contribution is 0.0658. The summed E-state index contributed by atoms with van der Waals surface area (Å²) >= 11 is 0. The highest BCUT2D eigenvalue weighted by atomic mass is 16.2. The molecule has 1 aromatic heterocycles. The maximum Gasteiger partial charge on any atom is 0.261 e. The van der Waals surface area contributed by atoms with Crippen molar-refractivity contribution >= 4 is 17.5 Å². The van der Waals surface area contributed by atoms with Crippen LogP contribution in [0.15, 0.2) is 42.6 Å². The number of anilines is 1. The zero-order valence-electron chi connectivity index (χ0n) is 12.6. The van der Waals surface area contributed by atoms with Gasteiger partial charge in [0, 0.05) is 26.3 Å². The third-order valence-electron chi connectivity index (χ3n) is 3.93. The summed E-state index contributed by atoms with van der Waals surface area (Å²) in [5.41, 5.74) is 2.91. The molecule has 0 radical (unpaired) electrons. The molecule has 1 aliphatic heterocycles. The summed E-state index contributed by atoms with van der Waals surface area (Å²) in [5.74, 6) is -0.422. The van der Waals surface area contributed by atoms with Crippen LogP contribution < -0.4 is 4.90 Å². The number of benzene rings is 1. The summed E-state index contributed by atoms with van der Waals surface area (Å²) < 4.78 is 0. The van der Waals surface area contributed by atoms with Crippen LogP contribution >= 0.6 is 0 Å². The maximum absolute atomic E-state index is 12.3. The fourth-order valence-electron chi connectivity index (χ4n) is 2.69. The van der Waals surface area contributed by atoms with Crippen LogP contribution in [-0.4, -0.2) is 41.8 Å².